The second-order valence-corrected chi connectivity index (χ2v) is 7.01. The molecule has 6 nitrogen and oxygen atoms in total. The van der Waals surface area contributed by atoms with Crippen molar-refractivity contribution in [1.82, 2.24) is 9.78 Å². The molecule has 0 bridgehead atoms. The van der Waals surface area contributed by atoms with Crippen molar-refractivity contribution in [2.45, 2.75) is 53.1 Å². The standard InChI is InChI=1S/C21H29N3O3/c1-7-13(2)18(17-11-9-8-10-12-17)21(26)27-16(5)20(25)22-19-14(3)23-24(6)15(19)4/h8-13,16,18H,7H2,1-6H3,(H,22,25). The Bertz CT molecular complexity index is 799. The number of aryl methyl sites for hydroxylation is 2. The van der Waals surface area contributed by atoms with Crippen molar-refractivity contribution < 1.29 is 14.3 Å². The molecule has 0 aliphatic rings. The summed E-state index contributed by atoms with van der Waals surface area (Å²) < 4.78 is 7.24. The molecule has 0 fully saturated rings. The zero-order valence-corrected chi connectivity index (χ0v) is 16.9. The van der Waals surface area contributed by atoms with Gasteiger partial charge in [-0.15, -0.1) is 0 Å². The lowest BCUT2D eigenvalue weighted by Gasteiger charge is -2.24. The van der Waals surface area contributed by atoms with E-state index in [1.807, 2.05) is 65.1 Å². The number of nitrogens with zero attached hydrogens (tertiary/aromatic N) is 2. The van der Waals surface area contributed by atoms with Gasteiger partial charge in [-0.3, -0.25) is 14.3 Å². The van der Waals surface area contributed by atoms with Crippen molar-refractivity contribution in [1.29, 1.82) is 0 Å². The summed E-state index contributed by atoms with van der Waals surface area (Å²) >= 11 is 0. The Morgan fingerprint density at radius 2 is 1.81 bits per heavy atom. The molecule has 1 amide bonds. The van der Waals surface area contributed by atoms with Gasteiger partial charge in [0.1, 0.15) is 0 Å². The number of hydrogen-bond acceptors (Lipinski definition) is 4. The van der Waals surface area contributed by atoms with Gasteiger partial charge in [0.25, 0.3) is 5.91 Å². The fraction of sp³-hybridized carbons (Fsp3) is 0.476. The first-order valence-corrected chi connectivity index (χ1v) is 9.32. The van der Waals surface area contributed by atoms with Crippen molar-refractivity contribution in [3.8, 4) is 0 Å². The van der Waals surface area contributed by atoms with Gasteiger partial charge >= 0.3 is 5.97 Å². The molecule has 3 atom stereocenters. The Morgan fingerprint density at radius 3 is 2.33 bits per heavy atom. The summed E-state index contributed by atoms with van der Waals surface area (Å²) in [6, 6.07) is 9.57. The predicted molar refractivity (Wildman–Crippen MR) is 106 cm³/mol. The first-order valence-electron chi connectivity index (χ1n) is 9.32. The Labute approximate surface area is 160 Å². The molecule has 1 aromatic carbocycles. The second-order valence-electron chi connectivity index (χ2n) is 7.01. The molecule has 0 radical (unpaired) electrons. The number of benzene rings is 1. The average Bonchev–Trinajstić information content (AvgIpc) is 2.88. The van der Waals surface area contributed by atoms with E-state index in [-0.39, 0.29) is 17.8 Å². The molecule has 0 saturated heterocycles. The number of carbonyl (C=O) groups is 2. The maximum atomic E-state index is 12.8. The van der Waals surface area contributed by atoms with Crippen LogP contribution in [-0.4, -0.2) is 27.8 Å². The molecule has 6 heteroatoms. The van der Waals surface area contributed by atoms with Gasteiger partial charge in [0.15, 0.2) is 6.10 Å². The monoisotopic (exact) mass is 371 g/mol. The van der Waals surface area contributed by atoms with Crippen molar-refractivity contribution in [2.24, 2.45) is 13.0 Å². The zero-order valence-electron chi connectivity index (χ0n) is 16.9. The van der Waals surface area contributed by atoms with Crippen LogP contribution in [0.1, 0.15) is 50.1 Å². The third kappa shape index (κ3) is 4.76. The predicted octanol–water partition coefficient (Wildman–Crippen LogP) is 3.74. The van der Waals surface area contributed by atoms with Gasteiger partial charge in [-0.2, -0.15) is 5.10 Å². The lowest BCUT2D eigenvalue weighted by atomic mass is 9.85. The lowest BCUT2D eigenvalue weighted by Crippen LogP contribution is -2.33. The number of hydrogen-bond donors (Lipinski definition) is 1. The van der Waals surface area contributed by atoms with Gasteiger partial charge < -0.3 is 10.1 Å². The van der Waals surface area contributed by atoms with Gasteiger partial charge in [-0.1, -0.05) is 50.6 Å². The van der Waals surface area contributed by atoms with Crippen molar-refractivity contribution in [2.75, 3.05) is 5.32 Å². The summed E-state index contributed by atoms with van der Waals surface area (Å²) in [6.45, 7) is 9.35. The highest BCUT2D eigenvalue weighted by molar-refractivity contribution is 5.96. The number of nitrogens with one attached hydrogen (secondary N) is 1. The van der Waals surface area contributed by atoms with E-state index >= 15 is 0 Å². The van der Waals surface area contributed by atoms with Gasteiger partial charge in [-0.05, 0) is 32.3 Å². The van der Waals surface area contributed by atoms with Crippen LogP contribution in [0.25, 0.3) is 0 Å². The summed E-state index contributed by atoms with van der Waals surface area (Å²) in [5.41, 5.74) is 3.14. The van der Waals surface area contributed by atoms with Gasteiger partial charge in [0, 0.05) is 7.05 Å². The normalized spacial score (nSPS) is 14.3. The van der Waals surface area contributed by atoms with Crippen LogP contribution >= 0.6 is 0 Å². The first-order chi connectivity index (χ1) is 12.8. The molecule has 0 aliphatic heterocycles. The molecule has 2 rings (SSSR count). The number of esters is 1. The third-order valence-electron chi connectivity index (χ3n) is 5.04. The molecule has 1 N–H and O–H groups in total. The summed E-state index contributed by atoms with van der Waals surface area (Å²) in [5.74, 6) is -1.03. The Morgan fingerprint density at radius 1 is 1.19 bits per heavy atom. The van der Waals surface area contributed by atoms with E-state index in [0.717, 1.165) is 23.4 Å². The molecule has 146 valence electrons. The van der Waals surface area contributed by atoms with E-state index in [9.17, 15) is 9.59 Å². The second kappa shape index (κ2) is 8.84. The topological polar surface area (TPSA) is 73.2 Å². The minimum atomic E-state index is -0.897. The van der Waals surface area contributed by atoms with Crippen LogP contribution in [-0.2, 0) is 21.4 Å². The van der Waals surface area contributed by atoms with Crippen LogP contribution < -0.4 is 5.32 Å². The van der Waals surface area contributed by atoms with Crippen LogP contribution in [0, 0.1) is 19.8 Å². The summed E-state index contributed by atoms with van der Waals surface area (Å²) in [7, 11) is 1.82. The minimum Gasteiger partial charge on any atom is -0.452 e. The van der Waals surface area contributed by atoms with Crippen LogP contribution in [0.15, 0.2) is 30.3 Å². The van der Waals surface area contributed by atoms with E-state index in [4.69, 9.17) is 4.74 Å². The van der Waals surface area contributed by atoms with E-state index in [1.54, 1.807) is 11.6 Å². The lowest BCUT2D eigenvalue weighted by molar-refractivity contribution is -0.155. The number of amides is 1. The first kappa shape index (κ1) is 20.7. The maximum Gasteiger partial charge on any atom is 0.314 e. The Balaban J connectivity index is 2.11. The van der Waals surface area contributed by atoms with Gasteiger partial charge in [-0.25, -0.2) is 0 Å². The minimum absolute atomic E-state index is 0.109. The van der Waals surface area contributed by atoms with Gasteiger partial charge in [0.05, 0.1) is 23.0 Å². The molecule has 3 unspecified atom stereocenters. The number of anilines is 1. The van der Waals surface area contributed by atoms with Crippen molar-refractivity contribution in [3.63, 3.8) is 0 Å². The molecule has 0 aliphatic carbocycles. The van der Waals surface area contributed by atoms with E-state index in [1.165, 1.54) is 0 Å². The van der Waals surface area contributed by atoms with E-state index in [2.05, 4.69) is 10.4 Å². The van der Waals surface area contributed by atoms with Crippen molar-refractivity contribution in [3.05, 3.63) is 47.3 Å². The van der Waals surface area contributed by atoms with Crippen molar-refractivity contribution >= 4 is 17.6 Å². The highest BCUT2D eigenvalue weighted by atomic mass is 16.5. The molecule has 0 spiro atoms. The number of aromatic nitrogens is 2. The van der Waals surface area contributed by atoms with E-state index in [0.29, 0.717) is 5.69 Å². The van der Waals surface area contributed by atoms with Crippen LogP contribution in [0.4, 0.5) is 5.69 Å². The molecular formula is C21H29N3O3. The summed E-state index contributed by atoms with van der Waals surface area (Å²) in [5, 5.41) is 7.11. The Kier molecular flexibility index (Phi) is 6.77. The molecule has 1 heterocycles. The van der Waals surface area contributed by atoms with Crippen LogP contribution in [0.5, 0.6) is 0 Å². The quantitative estimate of drug-likeness (QED) is 0.753. The number of rotatable bonds is 7. The highest BCUT2D eigenvalue weighted by Crippen LogP contribution is 2.29. The van der Waals surface area contributed by atoms with Crippen LogP contribution in [0.3, 0.4) is 0 Å². The fourth-order valence-corrected chi connectivity index (χ4v) is 3.07. The number of carbonyl (C=O) groups excluding carboxylic acids is 2. The average molecular weight is 371 g/mol. The zero-order chi connectivity index (χ0) is 20.1. The summed E-state index contributed by atoms with van der Waals surface area (Å²) in [4.78, 5) is 25.4. The number of ether oxygens (including phenoxy) is 1. The molecule has 2 aromatic rings. The highest BCUT2D eigenvalue weighted by Gasteiger charge is 2.30. The molecule has 27 heavy (non-hydrogen) atoms. The van der Waals surface area contributed by atoms with E-state index < -0.39 is 12.0 Å². The Hall–Kier alpha value is -2.63. The SMILES string of the molecule is CCC(C)C(C(=O)OC(C)C(=O)Nc1c(C)nn(C)c1C)c1ccccc1. The van der Waals surface area contributed by atoms with Crippen LogP contribution in [0.2, 0.25) is 0 Å². The molecule has 0 saturated carbocycles. The van der Waals surface area contributed by atoms with Gasteiger partial charge in [0.2, 0.25) is 0 Å². The maximum absolute atomic E-state index is 12.8. The third-order valence-corrected chi connectivity index (χ3v) is 5.04. The summed E-state index contributed by atoms with van der Waals surface area (Å²) in [6.07, 6.45) is -0.0599. The molecular weight excluding hydrogens is 342 g/mol. The smallest absolute Gasteiger partial charge is 0.314 e. The molecule has 1 aromatic heterocycles. The largest absolute Gasteiger partial charge is 0.452 e. The fourth-order valence-electron chi connectivity index (χ4n) is 3.07.